The Morgan fingerprint density at radius 1 is 1.38 bits per heavy atom. The van der Waals surface area contributed by atoms with Gasteiger partial charge in [-0.25, -0.2) is 5.43 Å². The molecule has 1 heterocycles. The molecule has 6 nitrogen and oxygen atoms in total. The van der Waals surface area contributed by atoms with Crippen molar-refractivity contribution in [3.63, 3.8) is 0 Å². The predicted octanol–water partition coefficient (Wildman–Crippen LogP) is 3.29. The van der Waals surface area contributed by atoms with E-state index in [1.165, 1.54) is 0 Å². The third-order valence-electron chi connectivity index (χ3n) is 3.16. The summed E-state index contributed by atoms with van der Waals surface area (Å²) in [5, 5.41) is 4.00. The van der Waals surface area contributed by atoms with Crippen molar-refractivity contribution in [2.24, 2.45) is 5.10 Å². The Hall–Kier alpha value is -0.460. The highest BCUT2D eigenvalue weighted by Gasteiger charge is 2.33. The molecule has 8 heteroatoms. The first-order valence-electron chi connectivity index (χ1n) is 7.54. The molecule has 0 unspecified atom stereocenters. The van der Waals surface area contributed by atoms with Crippen LogP contribution in [-0.2, 0) is 14.3 Å². The van der Waals surface area contributed by atoms with E-state index in [-0.39, 0.29) is 18.4 Å². The quantitative estimate of drug-likeness (QED) is 0.331. The van der Waals surface area contributed by atoms with Crippen LogP contribution in [0.1, 0.15) is 32.8 Å². The zero-order chi connectivity index (χ0) is 17.7. The van der Waals surface area contributed by atoms with Crippen molar-refractivity contribution in [2.45, 2.75) is 39.1 Å². The Balaban J connectivity index is 1.95. The lowest BCUT2D eigenvalue weighted by molar-refractivity contribution is -0.159. The maximum Gasteiger partial charge on any atom is 0.245 e. The van der Waals surface area contributed by atoms with E-state index in [4.69, 9.17) is 14.2 Å². The standard InChI is InChI=1S/C16H20I2N2O4/c1-10(2)24-15-12(17)6-11(7-13(15)18)9-19-20-14(21)8-16(3)22-4-5-23-16/h6-7,9-10H,4-5,8H2,1-3H3,(H,20,21)/b19-9+. The molecule has 0 bridgehead atoms. The van der Waals surface area contributed by atoms with Gasteiger partial charge in [0, 0.05) is 0 Å². The molecule has 2 rings (SSSR count). The molecule has 1 N–H and O–H groups in total. The van der Waals surface area contributed by atoms with Gasteiger partial charge in [0.1, 0.15) is 5.75 Å². The van der Waals surface area contributed by atoms with Crippen molar-refractivity contribution in [1.82, 2.24) is 5.43 Å². The second kappa shape index (κ2) is 8.77. The van der Waals surface area contributed by atoms with E-state index in [9.17, 15) is 4.79 Å². The van der Waals surface area contributed by atoms with Gasteiger partial charge in [-0.3, -0.25) is 4.79 Å². The van der Waals surface area contributed by atoms with Gasteiger partial charge >= 0.3 is 0 Å². The summed E-state index contributed by atoms with van der Waals surface area (Å²) in [5.74, 6) is -0.226. The number of nitrogens with zero attached hydrogens (tertiary/aromatic N) is 1. The Labute approximate surface area is 169 Å². The molecule has 0 atom stereocenters. The predicted molar refractivity (Wildman–Crippen MR) is 108 cm³/mol. The maximum absolute atomic E-state index is 11.9. The number of halogens is 2. The summed E-state index contributed by atoms with van der Waals surface area (Å²) in [6.45, 7) is 6.76. The third-order valence-corrected chi connectivity index (χ3v) is 4.76. The van der Waals surface area contributed by atoms with Crippen molar-refractivity contribution in [3.8, 4) is 5.75 Å². The highest BCUT2D eigenvalue weighted by molar-refractivity contribution is 14.1. The molecule has 1 saturated heterocycles. The van der Waals surface area contributed by atoms with Gasteiger partial charge in [-0.2, -0.15) is 5.10 Å². The van der Waals surface area contributed by atoms with Crippen LogP contribution in [0.3, 0.4) is 0 Å². The van der Waals surface area contributed by atoms with Crippen molar-refractivity contribution < 1.29 is 19.0 Å². The van der Waals surface area contributed by atoms with Crippen LogP contribution in [0.2, 0.25) is 0 Å². The monoisotopic (exact) mass is 558 g/mol. The highest BCUT2D eigenvalue weighted by atomic mass is 127. The minimum Gasteiger partial charge on any atom is -0.489 e. The number of carbonyl (C=O) groups excluding carboxylic acids is 1. The summed E-state index contributed by atoms with van der Waals surface area (Å²) < 4.78 is 18.6. The van der Waals surface area contributed by atoms with Crippen LogP contribution in [0.5, 0.6) is 5.75 Å². The Morgan fingerprint density at radius 2 is 1.96 bits per heavy atom. The van der Waals surface area contributed by atoms with Crippen LogP contribution >= 0.6 is 45.2 Å². The molecule has 132 valence electrons. The Kier molecular flexibility index (Phi) is 7.25. The van der Waals surface area contributed by atoms with Crippen molar-refractivity contribution in [1.29, 1.82) is 0 Å². The molecule has 1 aliphatic heterocycles. The van der Waals surface area contributed by atoms with E-state index in [0.717, 1.165) is 18.5 Å². The van der Waals surface area contributed by atoms with Gasteiger partial charge in [0.2, 0.25) is 5.91 Å². The van der Waals surface area contributed by atoms with Crippen LogP contribution in [0, 0.1) is 7.14 Å². The zero-order valence-electron chi connectivity index (χ0n) is 13.8. The first-order chi connectivity index (χ1) is 11.3. The van der Waals surface area contributed by atoms with Crippen LogP contribution in [0.15, 0.2) is 17.2 Å². The number of hydrogen-bond donors (Lipinski definition) is 1. The fourth-order valence-corrected chi connectivity index (χ4v) is 4.24. The molecule has 0 spiro atoms. The molecule has 1 aliphatic rings. The summed E-state index contributed by atoms with van der Waals surface area (Å²) in [5.41, 5.74) is 3.39. The molecular formula is C16H20I2N2O4. The average molecular weight is 558 g/mol. The maximum atomic E-state index is 11.9. The van der Waals surface area contributed by atoms with E-state index < -0.39 is 5.79 Å². The number of nitrogens with one attached hydrogen (secondary N) is 1. The van der Waals surface area contributed by atoms with E-state index in [0.29, 0.717) is 13.2 Å². The van der Waals surface area contributed by atoms with Gasteiger partial charge in [0.15, 0.2) is 5.79 Å². The lowest BCUT2D eigenvalue weighted by Crippen LogP contribution is -2.33. The van der Waals surface area contributed by atoms with Crippen LogP contribution in [0.25, 0.3) is 0 Å². The average Bonchev–Trinajstić information content (AvgIpc) is 2.89. The smallest absolute Gasteiger partial charge is 0.245 e. The fourth-order valence-electron chi connectivity index (χ4n) is 2.17. The van der Waals surface area contributed by atoms with Gasteiger partial charge < -0.3 is 14.2 Å². The highest BCUT2D eigenvalue weighted by Crippen LogP contribution is 2.29. The number of ether oxygens (including phenoxy) is 3. The fraction of sp³-hybridized carbons (Fsp3) is 0.500. The number of rotatable bonds is 6. The van der Waals surface area contributed by atoms with Crippen molar-refractivity contribution in [3.05, 3.63) is 24.8 Å². The SMILES string of the molecule is CC(C)Oc1c(I)cc(/C=N/NC(=O)CC2(C)OCCO2)cc1I. The third kappa shape index (κ3) is 5.81. The number of amides is 1. The molecule has 1 aromatic carbocycles. The minimum absolute atomic E-state index is 0.112. The molecule has 0 aliphatic carbocycles. The Bertz CT molecular complexity index is 605. The van der Waals surface area contributed by atoms with Crippen molar-refractivity contribution >= 4 is 57.3 Å². The summed E-state index contributed by atoms with van der Waals surface area (Å²) in [6.07, 6.45) is 1.84. The van der Waals surface area contributed by atoms with Gasteiger partial charge in [0.05, 0.1) is 39.1 Å². The van der Waals surface area contributed by atoms with Gasteiger partial charge in [-0.1, -0.05) is 0 Å². The molecular weight excluding hydrogens is 538 g/mol. The van der Waals surface area contributed by atoms with Crippen LogP contribution in [-0.4, -0.2) is 37.2 Å². The molecule has 1 fully saturated rings. The molecule has 1 amide bonds. The summed E-state index contributed by atoms with van der Waals surface area (Å²) in [7, 11) is 0. The van der Waals surface area contributed by atoms with E-state index >= 15 is 0 Å². The number of carbonyl (C=O) groups is 1. The van der Waals surface area contributed by atoms with E-state index in [1.54, 1.807) is 13.1 Å². The summed E-state index contributed by atoms with van der Waals surface area (Å²) in [4.78, 5) is 11.9. The van der Waals surface area contributed by atoms with Gasteiger partial charge in [-0.05, 0) is 83.6 Å². The summed E-state index contributed by atoms with van der Waals surface area (Å²) in [6, 6.07) is 3.92. The first kappa shape index (κ1) is 19.9. The van der Waals surface area contributed by atoms with Crippen LogP contribution in [0.4, 0.5) is 0 Å². The minimum atomic E-state index is -0.847. The Morgan fingerprint density at radius 3 is 2.50 bits per heavy atom. The topological polar surface area (TPSA) is 69.2 Å². The molecule has 1 aromatic rings. The molecule has 0 aromatic heterocycles. The number of hydrogen-bond acceptors (Lipinski definition) is 5. The lowest BCUT2D eigenvalue weighted by atomic mass is 10.2. The normalized spacial score (nSPS) is 16.8. The molecule has 24 heavy (non-hydrogen) atoms. The number of hydrazone groups is 1. The van der Waals surface area contributed by atoms with E-state index in [2.05, 4.69) is 55.7 Å². The van der Waals surface area contributed by atoms with E-state index in [1.807, 2.05) is 26.0 Å². The second-order valence-corrected chi connectivity index (χ2v) is 8.11. The largest absolute Gasteiger partial charge is 0.489 e. The lowest BCUT2D eigenvalue weighted by Gasteiger charge is -2.20. The molecule has 0 saturated carbocycles. The van der Waals surface area contributed by atoms with Crippen LogP contribution < -0.4 is 10.2 Å². The summed E-state index contributed by atoms with van der Waals surface area (Å²) >= 11 is 4.47. The first-order valence-corrected chi connectivity index (χ1v) is 9.70. The van der Waals surface area contributed by atoms with Gasteiger partial charge in [-0.15, -0.1) is 0 Å². The number of benzene rings is 1. The second-order valence-electron chi connectivity index (χ2n) is 5.78. The van der Waals surface area contributed by atoms with Gasteiger partial charge in [0.25, 0.3) is 0 Å². The zero-order valence-corrected chi connectivity index (χ0v) is 18.1. The molecule has 0 radical (unpaired) electrons. The van der Waals surface area contributed by atoms with Crippen molar-refractivity contribution in [2.75, 3.05) is 13.2 Å².